The first-order valence-corrected chi connectivity index (χ1v) is 8.06. The third kappa shape index (κ3) is 3.25. The Balaban J connectivity index is 1.93. The first-order chi connectivity index (χ1) is 11.6. The fourth-order valence-corrected chi connectivity index (χ4v) is 2.74. The molecule has 0 radical (unpaired) electrons. The fourth-order valence-electron chi connectivity index (χ4n) is 2.43. The average molecular weight is 341 g/mol. The van der Waals surface area contributed by atoms with Crippen LogP contribution in [0.15, 0.2) is 48.5 Å². The second-order valence-electron chi connectivity index (χ2n) is 5.55. The summed E-state index contributed by atoms with van der Waals surface area (Å²) in [6, 6.07) is 15.7. The highest BCUT2D eigenvalue weighted by Gasteiger charge is 2.13. The molecule has 2 aromatic carbocycles. The van der Waals surface area contributed by atoms with Crippen molar-refractivity contribution >= 4 is 12.2 Å². The van der Waals surface area contributed by atoms with Crippen LogP contribution in [0.2, 0.25) is 0 Å². The molecule has 124 valence electrons. The first kappa shape index (κ1) is 16.4. The number of aryl methyl sites for hydroxylation is 2. The lowest BCUT2D eigenvalue weighted by atomic mass is 10.1. The van der Waals surface area contributed by atoms with E-state index in [0.29, 0.717) is 10.6 Å². The number of benzene rings is 2. The summed E-state index contributed by atoms with van der Waals surface area (Å²) in [5, 5.41) is 13.8. The number of rotatable bonds is 5. The Morgan fingerprint density at radius 1 is 1.08 bits per heavy atom. The van der Waals surface area contributed by atoms with Crippen LogP contribution in [-0.2, 0) is 13.3 Å². The molecule has 0 saturated heterocycles. The Bertz CT molecular complexity index is 900. The lowest BCUT2D eigenvalue weighted by Crippen LogP contribution is -2.06. The zero-order chi connectivity index (χ0) is 17.1. The van der Waals surface area contributed by atoms with Crippen molar-refractivity contribution < 1.29 is 9.84 Å². The zero-order valence-electron chi connectivity index (χ0n) is 13.6. The predicted octanol–water partition coefficient (Wildman–Crippen LogP) is 3.55. The van der Waals surface area contributed by atoms with Crippen LogP contribution in [0, 0.1) is 18.6 Å². The molecular formula is C18H19N3O2S. The van der Waals surface area contributed by atoms with Gasteiger partial charge in [-0.1, -0.05) is 24.3 Å². The van der Waals surface area contributed by atoms with Gasteiger partial charge in [0.25, 0.3) is 0 Å². The van der Waals surface area contributed by atoms with Crippen LogP contribution < -0.4 is 4.74 Å². The van der Waals surface area contributed by atoms with Gasteiger partial charge in [-0.3, -0.25) is 4.57 Å². The monoisotopic (exact) mass is 341 g/mol. The van der Waals surface area contributed by atoms with E-state index < -0.39 is 0 Å². The summed E-state index contributed by atoms with van der Waals surface area (Å²) in [4.78, 5) is 0. The summed E-state index contributed by atoms with van der Waals surface area (Å²) in [5.74, 6) is 1.42. The largest absolute Gasteiger partial charge is 0.486 e. The number of hydrogen-bond acceptors (Lipinski definition) is 4. The molecule has 0 atom stereocenters. The summed E-state index contributed by atoms with van der Waals surface area (Å²) in [6.07, 6.45) is 0. The fraction of sp³-hybridized carbons (Fsp3) is 0.222. The van der Waals surface area contributed by atoms with Gasteiger partial charge in [0.2, 0.25) is 4.77 Å². The van der Waals surface area contributed by atoms with Gasteiger partial charge in [-0.25, -0.2) is 4.68 Å². The molecule has 0 saturated carbocycles. The number of aliphatic hydroxyl groups is 1. The van der Waals surface area contributed by atoms with Gasteiger partial charge in [0.05, 0.1) is 0 Å². The lowest BCUT2D eigenvalue weighted by molar-refractivity contribution is 0.191. The average Bonchev–Trinajstić information content (AvgIpc) is 2.92. The van der Waals surface area contributed by atoms with Gasteiger partial charge in [0.15, 0.2) is 5.82 Å². The Kier molecular flexibility index (Phi) is 4.78. The summed E-state index contributed by atoms with van der Waals surface area (Å²) >= 11 is 5.41. The van der Waals surface area contributed by atoms with Crippen molar-refractivity contribution in [2.24, 2.45) is 0 Å². The van der Waals surface area contributed by atoms with Crippen LogP contribution in [0.3, 0.4) is 0 Å². The first-order valence-electron chi connectivity index (χ1n) is 7.65. The maximum absolute atomic E-state index is 9.43. The SMILES string of the molecule is Cc1ccc(OCc2nn(CO)c(=S)n2-c2ccccc2)cc1C. The highest BCUT2D eigenvalue weighted by Crippen LogP contribution is 2.19. The summed E-state index contributed by atoms with van der Waals surface area (Å²) in [6.45, 7) is 4.10. The third-order valence-corrected chi connectivity index (χ3v) is 4.29. The van der Waals surface area contributed by atoms with Crippen molar-refractivity contribution in [1.29, 1.82) is 0 Å². The Morgan fingerprint density at radius 2 is 1.83 bits per heavy atom. The minimum Gasteiger partial charge on any atom is -0.486 e. The Labute approximate surface area is 145 Å². The molecule has 24 heavy (non-hydrogen) atoms. The molecule has 3 rings (SSSR count). The molecular weight excluding hydrogens is 322 g/mol. The van der Waals surface area contributed by atoms with Crippen molar-refractivity contribution in [1.82, 2.24) is 14.3 Å². The van der Waals surface area contributed by atoms with E-state index in [1.54, 1.807) is 0 Å². The predicted molar refractivity (Wildman–Crippen MR) is 94.9 cm³/mol. The molecule has 1 N–H and O–H groups in total. The van der Waals surface area contributed by atoms with Crippen molar-refractivity contribution in [3.05, 3.63) is 70.3 Å². The van der Waals surface area contributed by atoms with Gasteiger partial charge >= 0.3 is 0 Å². The second kappa shape index (κ2) is 6.98. The van der Waals surface area contributed by atoms with Crippen LogP contribution in [0.5, 0.6) is 5.75 Å². The topological polar surface area (TPSA) is 52.2 Å². The van der Waals surface area contributed by atoms with E-state index in [-0.39, 0.29) is 13.3 Å². The lowest BCUT2D eigenvalue weighted by Gasteiger charge is -2.09. The molecule has 3 aromatic rings. The number of para-hydroxylation sites is 1. The molecule has 0 amide bonds. The molecule has 6 heteroatoms. The van der Waals surface area contributed by atoms with Gasteiger partial charge in [0.1, 0.15) is 19.1 Å². The van der Waals surface area contributed by atoms with Gasteiger partial charge in [-0.05, 0) is 61.5 Å². The maximum atomic E-state index is 9.43. The Morgan fingerprint density at radius 3 is 2.50 bits per heavy atom. The van der Waals surface area contributed by atoms with E-state index in [1.165, 1.54) is 15.8 Å². The number of hydrogen-bond donors (Lipinski definition) is 1. The third-order valence-electron chi connectivity index (χ3n) is 3.90. The van der Waals surface area contributed by atoms with Crippen LogP contribution >= 0.6 is 12.2 Å². The normalized spacial score (nSPS) is 10.8. The summed E-state index contributed by atoms with van der Waals surface area (Å²) < 4.78 is 9.50. The minimum absolute atomic E-state index is 0.258. The molecule has 0 spiro atoms. The molecule has 0 aliphatic carbocycles. The van der Waals surface area contributed by atoms with E-state index in [9.17, 15) is 5.11 Å². The number of ether oxygens (including phenoxy) is 1. The smallest absolute Gasteiger partial charge is 0.204 e. The van der Waals surface area contributed by atoms with E-state index >= 15 is 0 Å². The molecule has 0 aliphatic rings. The molecule has 0 fully saturated rings. The second-order valence-corrected chi connectivity index (χ2v) is 5.91. The molecule has 1 aromatic heterocycles. The van der Waals surface area contributed by atoms with E-state index in [1.807, 2.05) is 60.0 Å². The summed E-state index contributed by atoms with van der Waals surface area (Å²) in [7, 11) is 0. The van der Waals surface area contributed by atoms with Crippen molar-refractivity contribution in [3.63, 3.8) is 0 Å². The molecule has 5 nitrogen and oxygen atoms in total. The van der Waals surface area contributed by atoms with Crippen LogP contribution in [0.25, 0.3) is 5.69 Å². The molecule has 1 heterocycles. The standard InChI is InChI=1S/C18H19N3O2S/c1-13-8-9-16(10-14(13)2)23-11-17-19-20(12-22)18(24)21(17)15-6-4-3-5-7-15/h3-10,22H,11-12H2,1-2H3. The highest BCUT2D eigenvalue weighted by atomic mass is 32.1. The van der Waals surface area contributed by atoms with E-state index in [0.717, 1.165) is 11.4 Å². The van der Waals surface area contributed by atoms with Gasteiger partial charge in [-0.15, -0.1) is 0 Å². The van der Waals surface area contributed by atoms with Gasteiger partial charge in [0, 0.05) is 5.69 Å². The maximum Gasteiger partial charge on any atom is 0.204 e. The quantitative estimate of drug-likeness (QED) is 0.721. The number of nitrogens with zero attached hydrogens (tertiary/aromatic N) is 3. The number of aromatic nitrogens is 3. The Hall–Kier alpha value is -2.44. The van der Waals surface area contributed by atoms with Crippen LogP contribution in [-0.4, -0.2) is 19.5 Å². The zero-order valence-corrected chi connectivity index (χ0v) is 14.5. The van der Waals surface area contributed by atoms with Gasteiger partial charge in [-0.2, -0.15) is 5.10 Å². The van der Waals surface area contributed by atoms with Crippen LogP contribution in [0.1, 0.15) is 17.0 Å². The van der Waals surface area contributed by atoms with E-state index in [4.69, 9.17) is 17.0 Å². The van der Waals surface area contributed by atoms with Crippen LogP contribution in [0.4, 0.5) is 0 Å². The summed E-state index contributed by atoms with van der Waals surface area (Å²) in [5.41, 5.74) is 3.29. The van der Waals surface area contributed by atoms with Crippen molar-refractivity contribution in [2.45, 2.75) is 27.2 Å². The minimum atomic E-state index is -0.269. The van der Waals surface area contributed by atoms with E-state index in [2.05, 4.69) is 12.0 Å². The molecule has 0 aliphatic heterocycles. The van der Waals surface area contributed by atoms with Crippen molar-refractivity contribution in [2.75, 3.05) is 0 Å². The molecule has 0 unspecified atom stereocenters. The number of aliphatic hydroxyl groups excluding tert-OH is 1. The highest BCUT2D eigenvalue weighted by molar-refractivity contribution is 7.71. The van der Waals surface area contributed by atoms with Crippen molar-refractivity contribution in [3.8, 4) is 11.4 Å². The van der Waals surface area contributed by atoms with Gasteiger partial charge < -0.3 is 9.84 Å². The molecule has 0 bridgehead atoms.